The summed E-state index contributed by atoms with van der Waals surface area (Å²) in [5, 5.41) is 2.92. The fourth-order valence-electron chi connectivity index (χ4n) is 3.50. The Balaban J connectivity index is 2.19. The van der Waals surface area contributed by atoms with Crippen LogP contribution >= 0.6 is 0 Å². The van der Waals surface area contributed by atoms with Gasteiger partial charge >= 0.3 is 0 Å². The molecule has 7 heteroatoms. The lowest BCUT2D eigenvalue weighted by Gasteiger charge is -2.30. The second kappa shape index (κ2) is 13.6. The van der Waals surface area contributed by atoms with Crippen molar-refractivity contribution in [2.24, 2.45) is 0 Å². The topological polar surface area (TPSA) is 67.9 Å². The highest BCUT2D eigenvalue weighted by atomic mass is 19.1. The van der Waals surface area contributed by atoms with Gasteiger partial charge in [-0.05, 0) is 64.3 Å². The molecular formula is C27H37FN2O4. The van der Waals surface area contributed by atoms with Crippen LogP contribution in [0.2, 0.25) is 0 Å². The Kier molecular flexibility index (Phi) is 10.8. The second-order valence-electron chi connectivity index (χ2n) is 8.25. The van der Waals surface area contributed by atoms with Gasteiger partial charge in [0.25, 0.3) is 0 Å². The van der Waals surface area contributed by atoms with Gasteiger partial charge in [-0.15, -0.1) is 0 Å². The van der Waals surface area contributed by atoms with E-state index in [0.717, 1.165) is 12.0 Å². The molecule has 0 radical (unpaired) electrons. The standard InChI is InChI=1S/C27H37FN2O4/c1-6-19(4)29-27(32)20(5)30(18-22-11-9-10-12-23(22)28)26(31)16-14-21-13-15-24(33-7-2)25(17-21)34-8-3/h9-13,15,17,19-20H,6-8,14,16,18H2,1-5H3,(H,29,32)/t19-,20+/m1/s1. The molecule has 0 spiro atoms. The van der Waals surface area contributed by atoms with Crippen molar-refractivity contribution in [3.63, 3.8) is 0 Å². The summed E-state index contributed by atoms with van der Waals surface area (Å²) in [6, 6.07) is 11.2. The summed E-state index contributed by atoms with van der Waals surface area (Å²) < 4.78 is 25.6. The summed E-state index contributed by atoms with van der Waals surface area (Å²) in [5.41, 5.74) is 1.29. The number of aryl methyl sites for hydroxylation is 1. The van der Waals surface area contributed by atoms with E-state index in [4.69, 9.17) is 9.47 Å². The summed E-state index contributed by atoms with van der Waals surface area (Å²) in [7, 11) is 0. The van der Waals surface area contributed by atoms with Crippen LogP contribution in [0.4, 0.5) is 4.39 Å². The first-order valence-electron chi connectivity index (χ1n) is 12.0. The Bertz CT molecular complexity index is 950. The van der Waals surface area contributed by atoms with E-state index in [9.17, 15) is 14.0 Å². The summed E-state index contributed by atoms with van der Waals surface area (Å²) >= 11 is 0. The van der Waals surface area contributed by atoms with Crippen molar-refractivity contribution in [2.45, 2.75) is 72.5 Å². The van der Waals surface area contributed by atoms with E-state index in [1.807, 2.05) is 45.9 Å². The smallest absolute Gasteiger partial charge is 0.242 e. The van der Waals surface area contributed by atoms with E-state index in [-0.39, 0.29) is 30.8 Å². The van der Waals surface area contributed by atoms with Crippen LogP contribution < -0.4 is 14.8 Å². The molecule has 6 nitrogen and oxygen atoms in total. The third-order valence-electron chi connectivity index (χ3n) is 5.70. The van der Waals surface area contributed by atoms with E-state index in [1.165, 1.54) is 11.0 Å². The molecule has 2 atom stereocenters. The highest BCUT2D eigenvalue weighted by Crippen LogP contribution is 2.29. The number of hydrogen-bond acceptors (Lipinski definition) is 4. The van der Waals surface area contributed by atoms with Crippen molar-refractivity contribution < 1.29 is 23.5 Å². The number of nitrogens with one attached hydrogen (secondary N) is 1. The minimum Gasteiger partial charge on any atom is -0.490 e. The summed E-state index contributed by atoms with van der Waals surface area (Å²) in [4.78, 5) is 27.5. The fraction of sp³-hybridized carbons (Fsp3) is 0.481. The van der Waals surface area contributed by atoms with Crippen LogP contribution in [0.1, 0.15) is 58.6 Å². The van der Waals surface area contributed by atoms with Crippen LogP contribution in [-0.2, 0) is 22.6 Å². The van der Waals surface area contributed by atoms with Gasteiger partial charge in [0.1, 0.15) is 11.9 Å². The molecule has 2 rings (SSSR count). The molecule has 0 fully saturated rings. The SMILES string of the molecule is CCOc1ccc(CCC(=O)N(Cc2ccccc2F)[C@@H](C)C(=O)N[C@H](C)CC)cc1OCC. The molecule has 2 aromatic rings. The number of benzene rings is 2. The highest BCUT2D eigenvalue weighted by molar-refractivity contribution is 5.87. The van der Waals surface area contributed by atoms with Gasteiger partial charge in [-0.25, -0.2) is 4.39 Å². The van der Waals surface area contributed by atoms with Gasteiger partial charge in [0.2, 0.25) is 11.8 Å². The van der Waals surface area contributed by atoms with Crippen LogP contribution in [-0.4, -0.2) is 42.0 Å². The lowest BCUT2D eigenvalue weighted by molar-refractivity contribution is -0.140. The zero-order valence-electron chi connectivity index (χ0n) is 20.9. The summed E-state index contributed by atoms with van der Waals surface area (Å²) in [6.07, 6.45) is 1.41. The number of amides is 2. The number of halogens is 1. The van der Waals surface area contributed by atoms with E-state index < -0.39 is 11.9 Å². The predicted molar refractivity (Wildman–Crippen MR) is 131 cm³/mol. The molecule has 0 unspecified atom stereocenters. The van der Waals surface area contributed by atoms with Crippen molar-refractivity contribution >= 4 is 11.8 Å². The van der Waals surface area contributed by atoms with Gasteiger partial charge in [-0.2, -0.15) is 0 Å². The number of nitrogens with zero attached hydrogens (tertiary/aromatic N) is 1. The molecular weight excluding hydrogens is 435 g/mol. The average molecular weight is 473 g/mol. The van der Waals surface area contributed by atoms with E-state index in [2.05, 4.69) is 5.32 Å². The Morgan fingerprint density at radius 2 is 1.68 bits per heavy atom. The van der Waals surface area contributed by atoms with Crippen molar-refractivity contribution in [2.75, 3.05) is 13.2 Å². The molecule has 0 aliphatic carbocycles. The zero-order valence-corrected chi connectivity index (χ0v) is 20.9. The van der Waals surface area contributed by atoms with Gasteiger partial charge in [0, 0.05) is 24.6 Å². The van der Waals surface area contributed by atoms with Crippen molar-refractivity contribution in [1.82, 2.24) is 10.2 Å². The number of ether oxygens (including phenoxy) is 2. The summed E-state index contributed by atoms with van der Waals surface area (Å²) in [6.45, 7) is 10.4. The Morgan fingerprint density at radius 3 is 2.32 bits per heavy atom. The molecule has 0 aliphatic heterocycles. The molecule has 0 heterocycles. The molecule has 34 heavy (non-hydrogen) atoms. The third-order valence-corrected chi connectivity index (χ3v) is 5.70. The number of rotatable bonds is 13. The minimum absolute atomic E-state index is 0.0128. The molecule has 0 saturated heterocycles. The maximum atomic E-state index is 14.3. The van der Waals surface area contributed by atoms with Crippen LogP contribution in [0.3, 0.4) is 0 Å². The monoisotopic (exact) mass is 472 g/mol. The number of hydrogen-bond donors (Lipinski definition) is 1. The van der Waals surface area contributed by atoms with Crippen molar-refractivity contribution in [1.29, 1.82) is 0 Å². The minimum atomic E-state index is -0.736. The molecule has 2 amide bonds. The largest absolute Gasteiger partial charge is 0.490 e. The van der Waals surface area contributed by atoms with E-state index in [0.29, 0.717) is 36.7 Å². The highest BCUT2D eigenvalue weighted by Gasteiger charge is 2.27. The lowest BCUT2D eigenvalue weighted by Crippen LogP contribution is -2.49. The molecule has 0 aliphatic rings. The van der Waals surface area contributed by atoms with E-state index in [1.54, 1.807) is 25.1 Å². The zero-order chi connectivity index (χ0) is 25.1. The molecule has 0 bridgehead atoms. The van der Waals surface area contributed by atoms with Gasteiger partial charge in [0.05, 0.1) is 13.2 Å². The Labute approximate surface area is 202 Å². The number of carbonyl (C=O) groups excluding carboxylic acids is 2. The summed E-state index contributed by atoms with van der Waals surface area (Å²) in [5.74, 6) is 0.429. The first kappa shape index (κ1) is 27.2. The van der Waals surface area contributed by atoms with Gasteiger partial charge in [0.15, 0.2) is 11.5 Å². The predicted octanol–water partition coefficient (Wildman–Crippen LogP) is 4.89. The first-order valence-corrected chi connectivity index (χ1v) is 12.0. The third kappa shape index (κ3) is 7.75. The Hall–Kier alpha value is -3.09. The maximum absolute atomic E-state index is 14.3. The second-order valence-corrected chi connectivity index (χ2v) is 8.25. The quantitative estimate of drug-likeness (QED) is 0.451. The fourth-order valence-corrected chi connectivity index (χ4v) is 3.50. The molecule has 186 valence electrons. The maximum Gasteiger partial charge on any atom is 0.242 e. The van der Waals surface area contributed by atoms with Crippen molar-refractivity contribution in [3.05, 3.63) is 59.4 Å². The van der Waals surface area contributed by atoms with Crippen LogP contribution in [0.25, 0.3) is 0 Å². The van der Waals surface area contributed by atoms with Gasteiger partial charge < -0.3 is 19.7 Å². The number of carbonyl (C=O) groups is 2. The van der Waals surface area contributed by atoms with Crippen LogP contribution in [0.5, 0.6) is 11.5 Å². The van der Waals surface area contributed by atoms with Crippen LogP contribution in [0, 0.1) is 5.82 Å². The van der Waals surface area contributed by atoms with Gasteiger partial charge in [-0.1, -0.05) is 31.2 Å². The Morgan fingerprint density at radius 1 is 1.00 bits per heavy atom. The van der Waals surface area contributed by atoms with E-state index >= 15 is 0 Å². The molecule has 0 saturated carbocycles. The molecule has 2 aromatic carbocycles. The normalized spacial score (nSPS) is 12.5. The van der Waals surface area contributed by atoms with Crippen LogP contribution in [0.15, 0.2) is 42.5 Å². The van der Waals surface area contributed by atoms with Crippen molar-refractivity contribution in [3.8, 4) is 11.5 Å². The first-order chi connectivity index (χ1) is 16.3. The molecule has 0 aromatic heterocycles. The van der Waals surface area contributed by atoms with Gasteiger partial charge in [-0.3, -0.25) is 9.59 Å². The lowest BCUT2D eigenvalue weighted by atomic mass is 10.1. The average Bonchev–Trinajstić information content (AvgIpc) is 2.83. The molecule has 1 N–H and O–H groups in total.